The molecule has 0 saturated heterocycles. The molecule has 180 valence electrons. The van der Waals surface area contributed by atoms with E-state index in [4.69, 9.17) is 27.2 Å². The number of rotatable bonds is 6. The van der Waals surface area contributed by atoms with Crippen LogP contribution in [0.25, 0.3) is 11.3 Å². The molecule has 1 aliphatic heterocycles. The number of amides is 1. The van der Waals surface area contributed by atoms with Crippen molar-refractivity contribution < 1.29 is 19.2 Å². The minimum Gasteiger partial charge on any atom is -0.461 e. The first-order chi connectivity index (χ1) is 16.7. The molecule has 3 aromatic rings. The predicted molar refractivity (Wildman–Crippen MR) is 137 cm³/mol. The van der Waals surface area contributed by atoms with Gasteiger partial charge in [0.15, 0.2) is 5.43 Å². The summed E-state index contributed by atoms with van der Waals surface area (Å²) in [7, 11) is 0.409. The van der Waals surface area contributed by atoms with Crippen molar-refractivity contribution >= 4 is 71.3 Å². The normalized spacial score (nSPS) is 15.1. The first-order valence-electron chi connectivity index (χ1n) is 10.2. The minimum absolute atomic E-state index is 0.106. The number of carbonyl (C=O) groups is 2. The summed E-state index contributed by atoms with van der Waals surface area (Å²) in [4.78, 5) is 36.6. The Bertz CT molecular complexity index is 1360. The number of halogens is 2. The van der Waals surface area contributed by atoms with Crippen molar-refractivity contribution in [3.8, 4) is 11.3 Å². The highest BCUT2D eigenvalue weighted by Crippen LogP contribution is 2.53. The third-order valence-corrected chi connectivity index (χ3v) is 9.21. The molecular weight excluding hydrogens is 535 g/mol. The van der Waals surface area contributed by atoms with Gasteiger partial charge in [0.25, 0.3) is 11.6 Å². The Morgan fingerprint density at radius 3 is 2.63 bits per heavy atom. The molecule has 1 atom stereocenters. The van der Waals surface area contributed by atoms with E-state index in [-0.39, 0.29) is 23.4 Å². The van der Waals surface area contributed by atoms with E-state index in [0.29, 0.717) is 30.2 Å². The van der Waals surface area contributed by atoms with Crippen LogP contribution in [0.3, 0.4) is 0 Å². The van der Waals surface area contributed by atoms with Gasteiger partial charge in [-0.3, -0.25) is 19.5 Å². The Balaban J connectivity index is 1.92. The van der Waals surface area contributed by atoms with Crippen molar-refractivity contribution in [3.05, 3.63) is 63.6 Å². The molecule has 1 aliphatic rings. The molecule has 1 N–H and O–H groups in total. The maximum absolute atomic E-state index is 13.3. The van der Waals surface area contributed by atoms with Crippen LogP contribution in [0.5, 0.6) is 0 Å². The van der Waals surface area contributed by atoms with E-state index >= 15 is 0 Å². The number of nitrogens with one attached hydrogen (secondary N) is 1. The van der Waals surface area contributed by atoms with E-state index in [9.17, 15) is 19.7 Å². The number of nitrogens with zero attached hydrogens (tertiary/aromatic N) is 4. The second-order valence-electron chi connectivity index (χ2n) is 7.33. The molecule has 0 spiro atoms. The highest BCUT2D eigenvalue weighted by molar-refractivity contribution is 8.11. The smallest absolute Gasteiger partial charge is 0.359 e. The Morgan fingerprint density at radius 1 is 1.29 bits per heavy atom. The van der Waals surface area contributed by atoms with Crippen molar-refractivity contribution in [2.75, 3.05) is 11.9 Å². The monoisotopic (exact) mass is 551 g/mol. The molecule has 0 aliphatic carbocycles. The van der Waals surface area contributed by atoms with Gasteiger partial charge >= 0.3 is 5.97 Å². The van der Waals surface area contributed by atoms with E-state index in [1.807, 2.05) is 19.1 Å². The lowest BCUT2D eigenvalue weighted by Crippen LogP contribution is -2.25. The van der Waals surface area contributed by atoms with E-state index in [1.54, 1.807) is 13.0 Å². The van der Waals surface area contributed by atoms with Crippen LogP contribution in [0.4, 0.5) is 17.1 Å². The van der Waals surface area contributed by atoms with Gasteiger partial charge < -0.3 is 10.1 Å². The Kier molecular flexibility index (Phi) is 7.47. The lowest BCUT2D eigenvalue weighted by atomic mass is 10.1. The summed E-state index contributed by atoms with van der Waals surface area (Å²) < 4.78 is 6.70. The maximum atomic E-state index is 13.3. The second-order valence-corrected chi connectivity index (χ2v) is 12.2. The van der Waals surface area contributed by atoms with Crippen LogP contribution in [0, 0.1) is 17.0 Å². The standard InChI is InChI=1S/C21H17Cl2N5O5P2/c1-3-33-20(30)19-27-16(21(34-19)35(22)23)14-10-11(2)4-9-15(14)24-18(29)17(27)26-25-12-5-7-13(8-6-12)28(31)32/h4-10,17H,3H2,1-2H3,(H,24,29)/t17-/m1/s1. The fourth-order valence-electron chi connectivity index (χ4n) is 3.51. The zero-order valence-corrected chi connectivity index (χ0v) is 21.6. The van der Waals surface area contributed by atoms with Crippen LogP contribution >= 0.6 is 37.3 Å². The van der Waals surface area contributed by atoms with Gasteiger partial charge in [-0.05, 0) is 46.3 Å². The van der Waals surface area contributed by atoms with Crippen LogP contribution in [-0.2, 0) is 9.53 Å². The third-order valence-electron chi connectivity index (χ3n) is 5.02. The van der Waals surface area contributed by atoms with Crippen molar-refractivity contribution in [2.24, 2.45) is 10.2 Å². The molecule has 0 bridgehead atoms. The first-order valence-corrected chi connectivity index (χ1v) is 14.2. The summed E-state index contributed by atoms with van der Waals surface area (Å²) in [5.74, 6) is -1.17. The molecule has 10 nitrogen and oxygen atoms in total. The number of benzene rings is 2. The van der Waals surface area contributed by atoms with Crippen molar-refractivity contribution in [1.29, 1.82) is 0 Å². The lowest BCUT2D eigenvalue weighted by Gasteiger charge is -2.16. The van der Waals surface area contributed by atoms with Crippen LogP contribution in [0.15, 0.2) is 52.7 Å². The predicted octanol–water partition coefficient (Wildman–Crippen LogP) is 6.78. The van der Waals surface area contributed by atoms with Crippen LogP contribution in [0.1, 0.15) is 28.9 Å². The van der Waals surface area contributed by atoms with Crippen molar-refractivity contribution in [2.45, 2.75) is 20.0 Å². The quantitative estimate of drug-likeness (QED) is 0.119. The molecule has 35 heavy (non-hydrogen) atoms. The van der Waals surface area contributed by atoms with Gasteiger partial charge in [0.1, 0.15) is 6.63 Å². The lowest BCUT2D eigenvalue weighted by molar-refractivity contribution is -0.384. The van der Waals surface area contributed by atoms with Crippen LogP contribution in [0.2, 0.25) is 0 Å². The van der Waals surface area contributed by atoms with E-state index in [1.165, 1.54) is 28.8 Å². The average Bonchev–Trinajstić information content (AvgIpc) is 3.16. The van der Waals surface area contributed by atoms with Crippen LogP contribution < -0.4 is 10.4 Å². The molecule has 2 heterocycles. The van der Waals surface area contributed by atoms with Gasteiger partial charge in [0, 0.05) is 17.7 Å². The first kappa shape index (κ1) is 25.2. The van der Waals surface area contributed by atoms with E-state index in [2.05, 4.69) is 15.5 Å². The minimum atomic E-state index is -1.68. The van der Waals surface area contributed by atoms with Gasteiger partial charge in [-0.1, -0.05) is 34.1 Å². The highest BCUT2D eigenvalue weighted by Gasteiger charge is 2.37. The molecule has 2 aromatic carbocycles. The number of aryl methyl sites for hydroxylation is 1. The molecule has 0 unspecified atom stereocenters. The summed E-state index contributed by atoms with van der Waals surface area (Å²) in [6.45, 7) is 2.02. The molecule has 14 heteroatoms. The van der Waals surface area contributed by atoms with Crippen molar-refractivity contribution in [1.82, 2.24) is 4.57 Å². The fourth-order valence-corrected chi connectivity index (χ4v) is 6.65. The number of hydrogen-bond acceptors (Lipinski definition) is 7. The van der Waals surface area contributed by atoms with Gasteiger partial charge in [-0.2, -0.15) is 10.2 Å². The number of ether oxygens (including phenoxy) is 1. The van der Waals surface area contributed by atoms with Gasteiger partial charge in [-0.15, -0.1) is 0 Å². The van der Waals surface area contributed by atoms with E-state index < -0.39 is 29.6 Å². The highest BCUT2D eigenvalue weighted by atomic mass is 35.9. The summed E-state index contributed by atoms with van der Waals surface area (Å²) in [5, 5.41) is 22.7. The number of aromatic nitrogens is 1. The second kappa shape index (κ2) is 10.4. The molecule has 0 saturated carbocycles. The summed E-state index contributed by atoms with van der Waals surface area (Å²) in [6, 6.07) is 10.8. The summed E-state index contributed by atoms with van der Waals surface area (Å²) >= 11 is 12.7. The summed E-state index contributed by atoms with van der Waals surface area (Å²) in [5.41, 5.74) is 2.89. The number of nitro groups is 1. The van der Waals surface area contributed by atoms with Crippen LogP contribution in [-0.4, -0.2) is 28.0 Å². The molecule has 1 amide bonds. The number of non-ortho nitro benzene ring substituents is 1. The maximum Gasteiger partial charge on any atom is 0.359 e. The molecule has 4 rings (SSSR count). The van der Waals surface area contributed by atoms with Crippen molar-refractivity contribution in [3.63, 3.8) is 0 Å². The Labute approximate surface area is 211 Å². The zero-order chi connectivity index (χ0) is 25.3. The largest absolute Gasteiger partial charge is 0.461 e. The number of fused-ring (bicyclic) bond motifs is 3. The Hall–Kier alpha value is -2.90. The fraction of sp³-hybridized carbons (Fsp3) is 0.190. The number of azo groups is 1. The number of esters is 1. The number of carbonyl (C=O) groups excluding carboxylic acids is 2. The molecular formula is C21H17Cl2N5O5P2. The number of nitro benzene ring substituents is 1. The van der Waals surface area contributed by atoms with Gasteiger partial charge in [-0.25, -0.2) is 4.79 Å². The molecule has 0 fully saturated rings. The summed E-state index contributed by atoms with van der Waals surface area (Å²) in [6.07, 6.45) is -1.29. The van der Waals surface area contributed by atoms with Gasteiger partial charge in [0.2, 0.25) is 6.17 Å². The third kappa shape index (κ3) is 5.07. The topological polar surface area (TPSA) is 128 Å². The number of hydrogen-bond donors (Lipinski definition) is 1. The van der Waals surface area contributed by atoms with E-state index in [0.717, 1.165) is 5.56 Å². The number of anilines is 1. The zero-order valence-electron chi connectivity index (χ0n) is 18.3. The Morgan fingerprint density at radius 2 is 2.00 bits per heavy atom. The molecule has 0 radical (unpaired) electrons. The van der Waals surface area contributed by atoms with Gasteiger partial charge in [0.05, 0.1) is 33.6 Å². The average molecular weight is 552 g/mol. The molecule has 1 aromatic heterocycles. The SMILES string of the molecule is CCOC(=O)c1pc(P(Cl)Cl)c2n1[C@@H](N=Nc1ccc([N+](=O)[O-])cc1)C(=O)Nc1ccc(C)cc1-2.